The van der Waals surface area contributed by atoms with Crippen LogP contribution in [-0.4, -0.2) is 31.6 Å². The lowest BCUT2D eigenvalue weighted by atomic mass is 10.2. The van der Waals surface area contributed by atoms with Crippen LogP contribution in [0.2, 0.25) is 0 Å². The summed E-state index contributed by atoms with van der Waals surface area (Å²) in [5.41, 5.74) is 5.17. The van der Waals surface area contributed by atoms with Gasteiger partial charge in [-0.25, -0.2) is 0 Å². The van der Waals surface area contributed by atoms with E-state index in [9.17, 15) is 9.59 Å². The molecular weight excluding hydrogens is 338 g/mol. The number of amides is 2. The Morgan fingerprint density at radius 2 is 1.85 bits per heavy atom. The highest BCUT2D eigenvalue weighted by Crippen LogP contribution is 2.30. The summed E-state index contributed by atoms with van der Waals surface area (Å²) in [4.78, 5) is 23.9. The van der Waals surface area contributed by atoms with Crippen LogP contribution in [0, 0.1) is 11.3 Å². The average molecular weight is 353 g/mol. The lowest BCUT2D eigenvalue weighted by molar-refractivity contribution is -0.123. The molecule has 0 aromatic heterocycles. The lowest BCUT2D eigenvalue weighted by Gasteiger charge is -2.18. The van der Waals surface area contributed by atoms with Crippen LogP contribution in [0.15, 0.2) is 42.5 Å². The van der Waals surface area contributed by atoms with Crippen molar-refractivity contribution in [2.24, 2.45) is 0 Å². The van der Waals surface area contributed by atoms with Crippen LogP contribution < -0.4 is 25.1 Å². The van der Waals surface area contributed by atoms with Gasteiger partial charge < -0.3 is 14.2 Å². The highest BCUT2D eigenvalue weighted by molar-refractivity contribution is 5.96. The van der Waals surface area contributed by atoms with Crippen molar-refractivity contribution in [3.05, 3.63) is 53.6 Å². The molecule has 0 aliphatic carbocycles. The summed E-state index contributed by atoms with van der Waals surface area (Å²) < 4.78 is 16.1. The van der Waals surface area contributed by atoms with Gasteiger partial charge in [0, 0.05) is 5.56 Å². The fourth-order valence-corrected chi connectivity index (χ4v) is 2.25. The van der Waals surface area contributed by atoms with Gasteiger partial charge in [0.2, 0.25) is 0 Å². The normalized spacial score (nSPS) is 11.8. The average Bonchev–Trinajstić information content (AvgIpc) is 2.70. The van der Waals surface area contributed by atoms with E-state index in [2.05, 4.69) is 10.9 Å². The van der Waals surface area contributed by atoms with E-state index in [1.54, 1.807) is 36.4 Å². The van der Waals surface area contributed by atoms with Crippen molar-refractivity contribution in [3.8, 4) is 23.3 Å². The molecule has 0 saturated heterocycles. The third-order valence-electron chi connectivity index (χ3n) is 3.49. The molecule has 132 valence electrons. The van der Waals surface area contributed by atoms with E-state index in [0.29, 0.717) is 41.6 Å². The van der Waals surface area contributed by atoms with E-state index in [1.165, 1.54) is 6.07 Å². The van der Waals surface area contributed by atoms with Crippen molar-refractivity contribution in [2.45, 2.75) is 0 Å². The molecule has 1 aliphatic heterocycles. The number of nitrogens with zero attached hydrogens (tertiary/aromatic N) is 1. The number of fused-ring (bicyclic) bond motifs is 1. The topological polar surface area (TPSA) is 110 Å². The van der Waals surface area contributed by atoms with Crippen LogP contribution in [0.5, 0.6) is 17.2 Å². The maximum Gasteiger partial charge on any atom is 0.276 e. The monoisotopic (exact) mass is 353 g/mol. The SMILES string of the molecule is N#Cc1ccccc1OCC(=O)NNC(=O)c1ccc2c(c1)OCCO2. The van der Waals surface area contributed by atoms with Crippen LogP contribution in [0.4, 0.5) is 0 Å². The first kappa shape index (κ1) is 17.1. The van der Waals surface area contributed by atoms with Crippen LogP contribution in [0.1, 0.15) is 15.9 Å². The van der Waals surface area contributed by atoms with Gasteiger partial charge in [-0.05, 0) is 30.3 Å². The molecule has 0 atom stereocenters. The van der Waals surface area contributed by atoms with Crippen molar-refractivity contribution in [2.75, 3.05) is 19.8 Å². The predicted octanol–water partition coefficient (Wildman–Crippen LogP) is 1.17. The molecule has 0 bridgehead atoms. The van der Waals surface area contributed by atoms with Crippen LogP contribution >= 0.6 is 0 Å². The molecule has 2 N–H and O–H groups in total. The molecule has 1 heterocycles. The maximum absolute atomic E-state index is 12.1. The summed E-state index contributed by atoms with van der Waals surface area (Å²) in [7, 11) is 0. The highest BCUT2D eigenvalue weighted by atomic mass is 16.6. The van der Waals surface area contributed by atoms with Crippen molar-refractivity contribution >= 4 is 11.8 Å². The van der Waals surface area contributed by atoms with Crippen molar-refractivity contribution in [3.63, 3.8) is 0 Å². The van der Waals surface area contributed by atoms with Crippen molar-refractivity contribution in [1.82, 2.24) is 10.9 Å². The zero-order valence-corrected chi connectivity index (χ0v) is 13.7. The highest BCUT2D eigenvalue weighted by Gasteiger charge is 2.15. The van der Waals surface area contributed by atoms with E-state index >= 15 is 0 Å². The quantitative estimate of drug-likeness (QED) is 0.799. The fraction of sp³-hybridized carbons (Fsp3) is 0.167. The second kappa shape index (κ2) is 7.90. The number of hydrogen-bond acceptors (Lipinski definition) is 6. The van der Waals surface area contributed by atoms with Gasteiger partial charge in [0.25, 0.3) is 11.8 Å². The predicted molar refractivity (Wildman–Crippen MR) is 89.7 cm³/mol. The summed E-state index contributed by atoms with van der Waals surface area (Å²) in [6.07, 6.45) is 0. The van der Waals surface area contributed by atoms with Gasteiger partial charge in [0.05, 0.1) is 5.56 Å². The van der Waals surface area contributed by atoms with Gasteiger partial charge in [-0.1, -0.05) is 12.1 Å². The Morgan fingerprint density at radius 1 is 1.08 bits per heavy atom. The Balaban J connectivity index is 1.51. The fourth-order valence-electron chi connectivity index (χ4n) is 2.25. The second-order valence-corrected chi connectivity index (χ2v) is 5.26. The number of hydrazine groups is 1. The largest absolute Gasteiger partial charge is 0.486 e. The third kappa shape index (κ3) is 4.02. The molecule has 1 aliphatic rings. The van der Waals surface area contributed by atoms with E-state index in [-0.39, 0.29) is 6.61 Å². The van der Waals surface area contributed by atoms with Crippen LogP contribution in [0.3, 0.4) is 0 Å². The number of hydrogen-bond donors (Lipinski definition) is 2. The Morgan fingerprint density at radius 3 is 2.65 bits per heavy atom. The van der Waals surface area contributed by atoms with Gasteiger partial charge in [-0.2, -0.15) is 5.26 Å². The van der Waals surface area contributed by atoms with Gasteiger partial charge in [-0.3, -0.25) is 20.4 Å². The number of nitriles is 1. The molecule has 2 amide bonds. The van der Waals surface area contributed by atoms with Crippen LogP contribution in [-0.2, 0) is 4.79 Å². The molecule has 0 radical (unpaired) electrons. The van der Waals surface area contributed by atoms with E-state index in [4.69, 9.17) is 19.5 Å². The molecule has 26 heavy (non-hydrogen) atoms. The summed E-state index contributed by atoms with van der Waals surface area (Å²) in [5, 5.41) is 8.96. The summed E-state index contributed by atoms with van der Waals surface area (Å²) in [6, 6.07) is 13.2. The van der Waals surface area contributed by atoms with E-state index in [0.717, 1.165) is 0 Å². The molecule has 0 unspecified atom stereocenters. The van der Waals surface area contributed by atoms with Gasteiger partial charge in [0.1, 0.15) is 25.0 Å². The summed E-state index contributed by atoms with van der Waals surface area (Å²) in [6.45, 7) is 0.528. The number of benzene rings is 2. The summed E-state index contributed by atoms with van der Waals surface area (Å²) in [5.74, 6) is 0.271. The standard InChI is InChI=1S/C18H15N3O5/c19-10-13-3-1-2-4-14(13)26-11-17(22)20-21-18(23)12-5-6-15-16(9-12)25-8-7-24-15/h1-6,9H,7-8,11H2,(H,20,22)(H,21,23). The molecule has 8 heteroatoms. The number of para-hydroxylation sites is 1. The minimum atomic E-state index is -0.566. The Bertz CT molecular complexity index is 875. The van der Waals surface area contributed by atoms with Gasteiger partial charge in [0.15, 0.2) is 18.1 Å². The molecule has 8 nitrogen and oxygen atoms in total. The van der Waals surface area contributed by atoms with Crippen molar-refractivity contribution in [1.29, 1.82) is 5.26 Å². The lowest BCUT2D eigenvalue weighted by Crippen LogP contribution is -2.43. The Hall–Kier alpha value is -3.73. The first-order valence-electron chi connectivity index (χ1n) is 7.78. The number of nitrogens with one attached hydrogen (secondary N) is 2. The number of carbonyl (C=O) groups excluding carboxylic acids is 2. The zero-order valence-electron chi connectivity index (χ0n) is 13.7. The Labute approximate surface area is 149 Å². The molecule has 2 aromatic rings. The molecule has 3 rings (SSSR count). The van der Waals surface area contributed by atoms with E-state index in [1.807, 2.05) is 6.07 Å². The number of ether oxygens (including phenoxy) is 3. The maximum atomic E-state index is 12.1. The first-order chi connectivity index (χ1) is 12.7. The first-order valence-corrected chi connectivity index (χ1v) is 7.78. The van der Waals surface area contributed by atoms with E-state index < -0.39 is 11.8 Å². The number of carbonyl (C=O) groups is 2. The smallest absolute Gasteiger partial charge is 0.276 e. The minimum Gasteiger partial charge on any atom is -0.486 e. The molecule has 0 spiro atoms. The van der Waals surface area contributed by atoms with Crippen molar-refractivity contribution < 1.29 is 23.8 Å². The second-order valence-electron chi connectivity index (χ2n) is 5.26. The van der Waals surface area contributed by atoms with Gasteiger partial charge >= 0.3 is 0 Å². The number of rotatable bonds is 4. The molecule has 0 fully saturated rings. The molecule has 2 aromatic carbocycles. The zero-order chi connectivity index (χ0) is 18.4. The minimum absolute atomic E-state index is 0.295. The Kier molecular flexibility index (Phi) is 5.19. The van der Waals surface area contributed by atoms with Gasteiger partial charge in [-0.15, -0.1) is 0 Å². The van der Waals surface area contributed by atoms with Crippen LogP contribution in [0.25, 0.3) is 0 Å². The third-order valence-corrected chi connectivity index (χ3v) is 3.49. The molecular formula is C18H15N3O5. The summed E-state index contributed by atoms with van der Waals surface area (Å²) >= 11 is 0. The molecule has 0 saturated carbocycles.